The third kappa shape index (κ3) is 4.06. The van der Waals surface area contributed by atoms with E-state index >= 15 is 0 Å². The Morgan fingerprint density at radius 1 is 1.14 bits per heavy atom. The Bertz CT molecular complexity index is 978. The molecule has 2 heterocycles. The molecule has 2 amide bonds. The highest BCUT2D eigenvalue weighted by atomic mass is 32.2. The van der Waals surface area contributed by atoms with Crippen LogP contribution >= 0.6 is 0 Å². The zero-order valence-electron chi connectivity index (χ0n) is 15.0. The molecule has 0 saturated heterocycles. The number of fused-ring (bicyclic) bond motifs is 1. The smallest absolute Gasteiger partial charge is 0.309 e. The van der Waals surface area contributed by atoms with E-state index in [0.717, 1.165) is 0 Å². The number of likely N-dealkylation sites (N-methyl/N-ethyl adjacent to an activating group) is 1. The van der Waals surface area contributed by atoms with E-state index in [9.17, 15) is 18.0 Å². The van der Waals surface area contributed by atoms with Crippen LogP contribution in [0.5, 0.6) is 11.5 Å². The van der Waals surface area contributed by atoms with E-state index < -0.39 is 26.9 Å². The molecule has 1 aliphatic rings. The van der Waals surface area contributed by atoms with Crippen LogP contribution in [0.4, 0.5) is 0 Å². The molecule has 0 saturated carbocycles. The van der Waals surface area contributed by atoms with Gasteiger partial charge in [-0.1, -0.05) is 6.07 Å². The van der Waals surface area contributed by atoms with Crippen molar-refractivity contribution in [1.82, 2.24) is 15.6 Å². The highest BCUT2D eigenvalue weighted by Gasteiger charge is 2.32. The number of carbonyl (C=O) groups is 2. The predicted octanol–water partition coefficient (Wildman–Crippen LogP) is 0.578. The fraction of sp³-hybridized carbons (Fsp3) is 0.278. The fourth-order valence-corrected chi connectivity index (χ4v) is 4.36. The minimum absolute atomic E-state index is 0.0119. The van der Waals surface area contributed by atoms with Crippen LogP contribution in [0.25, 0.3) is 0 Å². The summed E-state index contributed by atoms with van der Waals surface area (Å²) in [7, 11) is -3.93. The maximum atomic E-state index is 13.3. The first-order valence-electron chi connectivity index (χ1n) is 8.53. The van der Waals surface area contributed by atoms with Crippen molar-refractivity contribution in [2.75, 3.05) is 19.9 Å². The molecule has 0 radical (unpaired) electrons. The van der Waals surface area contributed by atoms with Crippen molar-refractivity contribution < 1.29 is 27.5 Å². The van der Waals surface area contributed by atoms with Gasteiger partial charge in [0.1, 0.15) is 5.25 Å². The zero-order chi connectivity index (χ0) is 20.1. The second-order valence-corrected chi connectivity index (χ2v) is 8.04. The van der Waals surface area contributed by atoms with Gasteiger partial charge in [0.15, 0.2) is 21.3 Å². The molecule has 2 aromatic rings. The molecule has 10 heteroatoms. The van der Waals surface area contributed by atoms with Crippen LogP contribution in [0, 0.1) is 0 Å². The molecule has 3 rings (SSSR count). The summed E-state index contributed by atoms with van der Waals surface area (Å²) in [5.74, 6) is -0.941. The third-order valence-electron chi connectivity index (χ3n) is 4.09. The number of aromatic nitrogens is 1. The van der Waals surface area contributed by atoms with E-state index in [1.807, 2.05) is 0 Å². The summed E-state index contributed by atoms with van der Waals surface area (Å²) in [4.78, 5) is 27.5. The van der Waals surface area contributed by atoms with Crippen molar-refractivity contribution in [1.29, 1.82) is 0 Å². The number of carbonyl (C=O) groups excluding carboxylic acids is 2. The van der Waals surface area contributed by atoms with Crippen LogP contribution in [0.3, 0.4) is 0 Å². The first-order chi connectivity index (χ1) is 13.4. The van der Waals surface area contributed by atoms with Gasteiger partial charge in [0.25, 0.3) is 0 Å². The molecule has 1 aromatic carbocycles. The molecule has 9 nitrogen and oxygen atoms in total. The van der Waals surface area contributed by atoms with Gasteiger partial charge in [-0.15, -0.1) is 0 Å². The summed E-state index contributed by atoms with van der Waals surface area (Å²) in [5.41, 5.74) is 0.386. The average Bonchev–Trinajstić information content (AvgIpc) is 3.16. The molecule has 0 unspecified atom stereocenters. The van der Waals surface area contributed by atoms with Crippen molar-refractivity contribution in [3.8, 4) is 11.5 Å². The highest BCUT2D eigenvalue weighted by Crippen LogP contribution is 2.37. The second-order valence-electron chi connectivity index (χ2n) is 5.90. The Labute approximate surface area is 162 Å². The predicted molar refractivity (Wildman–Crippen MR) is 98.4 cm³/mol. The number of hydrogen-bond acceptors (Lipinski definition) is 7. The normalized spacial score (nSPS) is 13.6. The number of pyridine rings is 1. The molecular formula is C18H19N3O6S. The van der Waals surface area contributed by atoms with Crippen molar-refractivity contribution in [3.63, 3.8) is 0 Å². The number of amides is 2. The number of rotatable bonds is 6. The summed E-state index contributed by atoms with van der Waals surface area (Å²) >= 11 is 0. The van der Waals surface area contributed by atoms with E-state index in [0.29, 0.717) is 17.1 Å². The lowest BCUT2D eigenvalue weighted by Crippen LogP contribution is -2.42. The lowest BCUT2D eigenvalue weighted by molar-refractivity contribution is -0.139. The average molecular weight is 405 g/mol. The third-order valence-corrected chi connectivity index (χ3v) is 6.19. The van der Waals surface area contributed by atoms with Crippen molar-refractivity contribution in [3.05, 3.63) is 48.3 Å². The van der Waals surface area contributed by atoms with E-state index in [1.165, 1.54) is 30.6 Å². The van der Waals surface area contributed by atoms with Crippen LogP contribution < -0.4 is 20.1 Å². The molecule has 0 aliphatic carbocycles. The van der Waals surface area contributed by atoms with Crippen LogP contribution in [0.2, 0.25) is 0 Å². The number of nitrogens with one attached hydrogen (secondary N) is 2. The standard InChI is InChI=1S/C18H19N3O6S/c1-2-20-17(22)18(23)21-10-16(12-4-3-7-19-9-12)28(24,25)13-5-6-14-15(8-13)27-11-26-14/h3-9,16H,2,10-11H2,1H3,(H,20,22)(H,21,23)/t16-/m1/s1. The molecule has 28 heavy (non-hydrogen) atoms. The topological polar surface area (TPSA) is 124 Å². The summed E-state index contributed by atoms with van der Waals surface area (Å²) in [6.07, 6.45) is 2.93. The first-order valence-corrected chi connectivity index (χ1v) is 10.1. The lowest BCUT2D eigenvalue weighted by Gasteiger charge is -2.19. The van der Waals surface area contributed by atoms with Gasteiger partial charge in [-0.25, -0.2) is 8.42 Å². The van der Waals surface area contributed by atoms with Gasteiger partial charge in [0.05, 0.1) is 4.90 Å². The van der Waals surface area contributed by atoms with Gasteiger partial charge in [-0.2, -0.15) is 0 Å². The van der Waals surface area contributed by atoms with Gasteiger partial charge < -0.3 is 20.1 Å². The van der Waals surface area contributed by atoms with Gasteiger partial charge in [-0.05, 0) is 30.7 Å². The van der Waals surface area contributed by atoms with Crippen molar-refractivity contribution in [2.45, 2.75) is 17.1 Å². The molecule has 2 N–H and O–H groups in total. The van der Waals surface area contributed by atoms with Gasteiger partial charge >= 0.3 is 11.8 Å². The lowest BCUT2D eigenvalue weighted by atomic mass is 10.2. The fourth-order valence-electron chi connectivity index (χ4n) is 2.70. The van der Waals surface area contributed by atoms with Gasteiger partial charge in [0, 0.05) is 31.5 Å². The zero-order valence-corrected chi connectivity index (χ0v) is 15.9. The number of sulfone groups is 1. The Hall–Kier alpha value is -3.14. The minimum Gasteiger partial charge on any atom is -0.454 e. The van der Waals surface area contributed by atoms with Gasteiger partial charge in [-0.3, -0.25) is 14.6 Å². The molecule has 148 valence electrons. The molecule has 0 spiro atoms. The molecule has 1 atom stereocenters. The van der Waals surface area contributed by atoms with E-state index in [1.54, 1.807) is 19.1 Å². The summed E-state index contributed by atoms with van der Waals surface area (Å²) in [6, 6.07) is 7.51. The summed E-state index contributed by atoms with van der Waals surface area (Å²) < 4.78 is 37.0. The van der Waals surface area contributed by atoms with Crippen LogP contribution in [-0.2, 0) is 19.4 Å². The number of hydrogen-bond donors (Lipinski definition) is 2. The van der Waals surface area contributed by atoms with Crippen LogP contribution in [0.1, 0.15) is 17.7 Å². The minimum atomic E-state index is -3.93. The molecule has 0 fully saturated rings. The van der Waals surface area contributed by atoms with Crippen LogP contribution in [-0.4, -0.2) is 45.1 Å². The summed E-state index contributed by atoms with van der Waals surface area (Å²) in [6.45, 7) is 1.69. The quantitative estimate of drug-likeness (QED) is 0.674. The van der Waals surface area contributed by atoms with E-state index in [4.69, 9.17) is 9.47 Å². The SMILES string of the molecule is CCNC(=O)C(=O)NC[C@H](c1cccnc1)S(=O)(=O)c1ccc2c(c1)OCO2. The number of nitrogens with zero attached hydrogens (tertiary/aromatic N) is 1. The van der Waals surface area contributed by atoms with E-state index in [2.05, 4.69) is 15.6 Å². The largest absolute Gasteiger partial charge is 0.454 e. The molecular weight excluding hydrogens is 386 g/mol. The molecule has 0 bridgehead atoms. The molecule has 1 aromatic heterocycles. The summed E-state index contributed by atoms with van der Waals surface area (Å²) in [5, 5.41) is 3.61. The van der Waals surface area contributed by atoms with Crippen LogP contribution in [0.15, 0.2) is 47.6 Å². The van der Waals surface area contributed by atoms with Crippen molar-refractivity contribution >= 4 is 21.7 Å². The maximum absolute atomic E-state index is 13.3. The molecule has 1 aliphatic heterocycles. The maximum Gasteiger partial charge on any atom is 0.309 e. The Kier molecular flexibility index (Phi) is 5.78. The first kappa shape index (κ1) is 19.6. The number of ether oxygens (including phenoxy) is 2. The van der Waals surface area contributed by atoms with E-state index in [-0.39, 0.29) is 24.8 Å². The highest BCUT2D eigenvalue weighted by molar-refractivity contribution is 7.91. The van der Waals surface area contributed by atoms with Crippen molar-refractivity contribution in [2.24, 2.45) is 0 Å². The number of benzene rings is 1. The second kappa shape index (κ2) is 8.26. The Morgan fingerprint density at radius 2 is 1.89 bits per heavy atom. The Balaban J connectivity index is 1.90. The van der Waals surface area contributed by atoms with Gasteiger partial charge in [0.2, 0.25) is 6.79 Å². The monoisotopic (exact) mass is 405 g/mol. The Morgan fingerprint density at radius 3 is 2.61 bits per heavy atom.